The van der Waals surface area contributed by atoms with Gasteiger partial charge in [-0.2, -0.15) is 0 Å². The molecule has 0 heterocycles. The molecule has 0 spiro atoms. The summed E-state index contributed by atoms with van der Waals surface area (Å²) in [6.45, 7) is 5.08. The van der Waals surface area contributed by atoms with Gasteiger partial charge in [0.1, 0.15) is 6.61 Å². The van der Waals surface area contributed by atoms with Crippen LogP contribution in [0, 0.1) is 11.3 Å². The van der Waals surface area contributed by atoms with Crippen molar-refractivity contribution in [1.29, 1.82) is 0 Å². The molecule has 0 amide bonds. The first-order valence-corrected chi connectivity index (χ1v) is 7.75. The van der Waals surface area contributed by atoms with E-state index in [0.717, 1.165) is 12.0 Å². The molecule has 0 aliphatic heterocycles. The SMILES string of the molecule is CC1(C)CCCC(CCC(=O)OCc2ccccc2)C1. The van der Waals surface area contributed by atoms with Crippen LogP contribution in [0.15, 0.2) is 30.3 Å². The number of ether oxygens (including phenoxy) is 1. The molecule has 0 aromatic heterocycles. The van der Waals surface area contributed by atoms with Crippen molar-refractivity contribution in [2.45, 2.75) is 59.0 Å². The summed E-state index contributed by atoms with van der Waals surface area (Å²) in [5.41, 5.74) is 1.51. The highest BCUT2D eigenvalue weighted by Crippen LogP contribution is 2.40. The van der Waals surface area contributed by atoms with Gasteiger partial charge in [0.15, 0.2) is 0 Å². The van der Waals surface area contributed by atoms with Crippen molar-refractivity contribution in [3.8, 4) is 0 Å². The fourth-order valence-corrected chi connectivity index (χ4v) is 3.23. The molecule has 1 saturated carbocycles. The molecule has 1 unspecified atom stereocenters. The summed E-state index contributed by atoms with van der Waals surface area (Å²) in [4.78, 5) is 11.8. The smallest absolute Gasteiger partial charge is 0.306 e. The van der Waals surface area contributed by atoms with Crippen LogP contribution in [0.25, 0.3) is 0 Å². The number of esters is 1. The Balaban J connectivity index is 1.67. The second kappa shape index (κ2) is 6.92. The van der Waals surface area contributed by atoms with Crippen molar-refractivity contribution >= 4 is 5.97 Å². The molecule has 1 fully saturated rings. The van der Waals surface area contributed by atoms with Gasteiger partial charge in [0, 0.05) is 6.42 Å². The highest BCUT2D eigenvalue weighted by Gasteiger charge is 2.28. The first-order valence-electron chi connectivity index (χ1n) is 7.75. The summed E-state index contributed by atoms with van der Waals surface area (Å²) >= 11 is 0. The largest absolute Gasteiger partial charge is 0.461 e. The van der Waals surface area contributed by atoms with Crippen LogP contribution in [0.1, 0.15) is 57.9 Å². The van der Waals surface area contributed by atoms with Crippen LogP contribution < -0.4 is 0 Å². The van der Waals surface area contributed by atoms with Crippen LogP contribution in [0.2, 0.25) is 0 Å². The number of hydrogen-bond acceptors (Lipinski definition) is 2. The fraction of sp³-hybridized carbons (Fsp3) is 0.611. The quantitative estimate of drug-likeness (QED) is 0.726. The maximum atomic E-state index is 11.8. The number of carbonyl (C=O) groups is 1. The molecule has 0 radical (unpaired) electrons. The lowest BCUT2D eigenvalue weighted by atomic mass is 9.71. The van der Waals surface area contributed by atoms with Gasteiger partial charge in [-0.05, 0) is 36.2 Å². The third-order valence-corrected chi connectivity index (χ3v) is 4.31. The fourth-order valence-electron chi connectivity index (χ4n) is 3.23. The van der Waals surface area contributed by atoms with Gasteiger partial charge in [0.05, 0.1) is 0 Å². The molecule has 2 nitrogen and oxygen atoms in total. The van der Waals surface area contributed by atoms with Crippen molar-refractivity contribution in [2.24, 2.45) is 11.3 Å². The van der Waals surface area contributed by atoms with Crippen LogP contribution in [-0.2, 0) is 16.1 Å². The second-order valence-electron chi connectivity index (χ2n) is 6.81. The van der Waals surface area contributed by atoms with E-state index in [0.29, 0.717) is 24.4 Å². The van der Waals surface area contributed by atoms with E-state index in [4.69, 9.17) is 4.74 Å². The molecule has 1 aliphatic carbocycles. The number of hydrogen-bond donors (Lipinski definition) is 0. The Morgan fingerprint density at radius 3 is 2.75 bits per heavy atom. The van der Waals surface area contributed by atoms with E-state index >= 15 is 0 Å². The monoisotopic (exact) mass is 274 g/mol. The average molecular weight is 274 g/mol. The third-order valence-electron chi connectivity index (χ3n) is 4.31. The molecule has 1 aliphatic rings. The molecule has 0 saturated heterocycles. The molecular weight excluding hydrogens is 248 g/mol. The summed E-state index contributed by atoms with van der Waals surface area (Å²) < 4.78 is 5.33. The molecule has 1 atom stereocenters. The van der Waals surface area contributed by atoms with Crippen molar-refractivity contribution in [3.63, 3.8) is 0 Å². The summed E-state index contributed by atoms with van der Waals surface area (Å²) in [5, 5.41) is 0. The minimum Gasteiger partial charge on any atom is -0.461 e. The number of rotatable bonds is 5. The maximum absolute atomic E-state index is 11.8. The van der Waals surface area contributed by atoms with Gasteiger partial charge in [-0.25, -0.2) is 0 Å². The van der Waals surface area contributed by atoms with Gasteiger partial charge >= 0.3 is 5.97 Å². The lowest BCUT2D eigenvalue weighted by Gasteiger charge is -2.35. The molecule has 1 aromatic carbocycles. The first-order chi connectivity index (χ1) is 9.55. The zero-order valence-corrected chi connectivity index (χ0v) is 12.7. The summed E-state index contributed by atoms with van der Waals surface area (Å²) in [5.74, 6) is 0.639. The van der Waals surface area contributed by atoms with E-state index in [1.807, 2.05) is 30.3 Å². The highest BCUT2D eigenvalue weighted by atomic mass is 16.5. The van der Waals surface area contributed by atoms with Gasteiger partial charge < -0.3 is 4.74 Å². The Bertz CT molecular complexity index is 422. The Labute approximate surface area is 122 Å². The van der Waals surface area contributed by atoms with Crippen LogP contribution in [0.3, 0.4) is 0 Å². The van der Waals surface area contributed by atoms with E-state index in [2.05, 4.69) is 13.8 Å². The molecule has 2 rings (SSSR count). The van der Waals surface area contributed by atoms with E-state index in [9.17, 15) is 4.79 Å². The Morgan fingerprint density at radius 2 is 2.05 bits per heavy atom. The first kappa shape index (κ1) is 15.1. The van der Waals surface area contributed by atoms with Crippen LogP contribution in [-0.4, -0.2) is 5.97 Å². The minimum absolute atomic E-state index is 0.0581. The average Bonchev–Trinajstić information content (AvgIpc) is 2.43. The van der Waals surface area contributed by atoms with E-state index in [1.54, 1.807) is 0 Å². The zero-order valence-electron chi connectivity index (χ0n) is 12.7. The Kier molecular flexibility index (Phi) is 5.22. The molecule has 110 valence electrons. The van der Waals surface area contributed by atoms with Gasteiger partial charge in [-0.3, -0.25) is 4.79 Å². The van der Waals surface area contributed by atoms with Gasteiger partial charge in [-0.1, -0.05) is 57.0 Å². The molecule has 20 heavy (non-hydrogen) atoms. The highest BCUT2D eigenvalue weighted by molar-refractivity contribution is 5.69. The van der Waals surface area contributed by atoms with E-state index in [1.165, 1.54) is 25.7 Å². The van der Waals surface area contributed by atoms with Crippen molar-refractivity contribution in [3.05, 3.63) is 35.9 Å². The topological polar surface area (TPSA) is 26.3 Å². The maximum Gasteiger partial charge on any atom is 0.306 e. The summed E-state index contributed by atoms with van der Waals surface area (Å²) in [7, 11) is 0. The lowest BCUT2D eigenvalue weighted by molar-refractivity contribution is -0.145. The van der Waals surface area contributed by atoms with Gasteiger partial charge in [0.25, 0.3) is 0 Å². The van der Waals surface area contributed by atoms with E-state index in [-0.39, 0.29) is 5.97 Å². The van der Waals surface area contributed by atoms with Crippen molar-refractivity contribution in [1.82, 2.24) is 0 Å². The summed E-state index contributed by atoms with van der Waals surface area (Å²) in [6.07, 6.45) is 6.69. The molecule has 1 aromatic rings. The predicted molar refractivity (Wildman–Crippen MR) is 81.2 cm³/mol. The van der Waals surface area contributed by atoms with Crippen molar-refractivity contribution < 1.29 is 9.53 Å². The predicted octanol–water partition coefficient (Wildman–Crippen LogP) is 4.73. The zero-order chi connectivity index (χ0) is 14.4. The normalized spacial score (nSPS) is 21.4. The minimum atomic E-state index is -0.0581. The second-order valence-corrected chi connectivity index (χ2v) is 6.81. The van der Waals surface area contributed by atoms with Crippen LogP contribution >= 0.6 is 0 Å². The number of carbonyl (C=O) groups excluding carboxylic acids is 1. The standard InChI is InChI=1S/C18H26O2/c1-18(2)12-6-9-15(13-18)10-11-17(19)20-14-16-7-4-3-5-8-16/h3-5,7-8,15H,6,9-14H2,1-2H3. The molecule has 0 N–H and O–H groups in total. The van der Waals surface area contributed by atoms with Crippen molar-refractivity contribution in [2.75, 3.05) is 0 Å². The Morgan fingerprint density at radius 1 is 1.30 bits per heavy atom. The number of benzene rings is 1. The lowest BCUT2D eigenvalue weighted by Crippen LogP contribution is -2.23. The Hall–Kier alpha value is -1.31. The summed E-state index contributed by atoms with van der Waals surface area (Å²) in [6, 6.07) is 9.87. The van der Waals surface area contributed by atoms with Crippen LogP contribution in [0.4, 0.5) is 0 Å². The van der Waals surface area contributed by atoms with Gasteiger partial charge in [-0.15, -0.1) is 0 Å². The third kappa shape index (κ3) is 4.99. The van der Waals surface area contributed by atoms with E-state index < -0.39 is 0 Å². The molecule has 0 bridgehead atoms. The van der Waals surface area contributed by atoms with Crippen LogP contribution in [0.5, 0.6) is 0 Å². The molecular formula is C18H26O2. The molecule has 2 heteroatoms. The van der Waals surface area contributed by atoms with Gasteiger partial charge in [0.2, 0.25) is 0 Å².